The van der Waals surface area contributed by atoms with E-state index < -0.39 is 24.1 Å². The van der Waals surface area contributed by atoms with Crippen LogP contribution in [0.15, 0.2) is 23.1 Å². The van der Waals surface area contributed by atoms with Gasteiger partial charge in [0.05, 0.1) is 6.04 Å². The van der Waals surface area contributed by atoms with E-state index in [2.05, 4.69) is 15.3 Å². The molecule has 2 aliphatic rings. The molecule has 0 radical (unpaired) electrons. The normalized spacial score (nSPS) is 25.1. The number of carbonyl (C=O) groups is 1. The molecule has 0 aromatic carbocycles. The average molecular weight is 434 g/mol. The first-order chi connectivity index (χ1) is 14.6. The first-order valence-electron chi connectivity index (χ1n) is 10.6. The number of piperidine rings is 1. The maximum atomic E-state index is 12.8. The first kappa shape index (κ1) is 21.6. The molecule has 0 aliphatic carbocycles. The van der Waals surface area contributed by atoms with E-state index in [1.807, 2.05) is 32.9 Å². The van der Waals surface area contributed by atoms with E-state index in [0.29, 0.717) is 44.7 Å². The number of pyridine rings is 1. The van der Waals surface area contributed by atoms with Crippen LogP contribution in [0.4, 0.5) is 10.5 Å². The third-order valence-electron chi connectivity index (χ3n) is 5.60. The van der Waals surface area contributed by atoms with Gasteiger partial charge in [-0.3, -0.25) is 9.72 Å². The zero-order valence-electron chi connectivity index (χ0n) is 18.1. The van der Waals surface area contributed by atoms with Crippen LogP contribution in [0.1, 0.15) is 39.7 Å². The third kappa shape index (κ3) is 4.53. The lowest BCUT2D eigenvalue weighted by Gasteiger charge is -2.36. The number of nitrogens with zero attached hydrogens (tertiary/aromatic N) is 5. The fourth-order valence-corrected chi connectivity index (χ4v) is 4.00. The molecule has 3 atom stereocenters. The van der Waals surface area contributed by atoms with E-state index >= 15 is 0 Å². The summed E-state index contributed by atoms with van der Waals surface area (Å²) < 4.78 is 8.16. The highest BCUT2D eigenvalue weighted by atomic mass is 16.6. The van der Waals surface area contributed by atoms with Crippen LogP contribution in [0.5, 0.6) is 0 Å². The summed E-state index contributed by atoms with van der Waals surface area (Å²) in [7, 11) is 0. The van der Waals surface area contributed by atoms with Gasteiger partial charge in [0.1, 0.15) is 18.1 Å². The SMILES string of the molecule is CC(C)(C)OC(=O)N1CCN(c2ccn3c(=O)n(C4CCC(O)NC4O)nc3c2)CC1. The maximum Gasteiger partial charge on any atom is 0.410 e. The van der Waals surface area contributed by atoms with Gasteiger partial charge in [0, 0.05) is 44.1 Å². The minimum absolute atomic E-state index is 0.308. The van der Waals surface area contributed by atoms with Crippen molar-refractivity contribution in [3.63, 3.8) is 0 Å². The Hall–Kier alpha value is -2.63. The summed E-state index contributed by atoms with van der Waals surface area (Å²) in [5, 5.41) is 26.9. The van der Waals surface area contributed by atoms with Crippen molar-refractivity contribution in [1.82, 2.24) is 24.4 Å². The Kier molecular flexibility index (Phi) is 5.67. The predicted octanol–water partition coefficient (Wildman–Crippen LogP) is 0.114. The van der Waals surface area contributed by atoms with Crippen molar-refractivity contribution in [3.05, 3.63) is 28.8 Å². The summed E-state index contributed by atoms with van der Waals surface area (Å²) in [5.74, 6) is 0. The monoisotopic (exact) mass is 434 g/mol. The van der Waals surface area contributed by atoms with Crippen LogP contribution >= 0.6 is 0 Å². The molecule has 0 saturated carbocycles. The summed E-state index contributed by atoms with van der Waals surface area (Å²) in [4.78, 5) is 28.9. The molecule has 4 heterocycles. The topological polar surface area (TPSA) is 125 Å². The second-order valence-electron chi connectivity index (χ2n) is 9.07. The van der Waals surface area contributed by atoms with E-state index in [-0.39, 0.29) is 11.8 Å². The Balaban J connectivity index is 1.48. The number of aliphatic hydroxyl groups excluding tert-OH is 2. The van der Waals surface area contributed by atoms with Crippen molar-refractivity contribution in [3.8, 4) is 0 Å². The lowest BCUT2D eigenvalue weighted by atomic mass is 10.1. The molecular formula is C20H30N6O5. The maximum absolute atomic E-state index is 12.8. The van der Waals surface area contributed by atoms with E-state index in [4.69, 9.17) is 4.74 Å². The molecule has 1 amide bonds. The van der Waals surface area contributed by atoms with E-state index in [0.717, 1.165) is 5.69 Å². The molecule has 170 valence electrons. The highest BCUT2D eigenvalue weighted by Gasteiger charge is 2.31. The molecule has 31 heavy (non-hydrogen) atoms. The molecule has 2 fully saturated rings. The third-order valence-corrected chi connectivity index (χ3v) is 5.60. The molecule has 11 heteroatoms. The van der Waals surface area contributed by atoms with Gasteiger partial charge in [0.2, 0.25) is 0 Å². The number of carbonyl (C=O) groups excluding carboxylic acids is 1. The summed E-state index contributed by atoms with van der Waals surface area (Å²) in [6, 6.07) is 3.14. The fraction of sp³-hybridized carbons (Fsp3) is 0.650. The largest absolute Gasteiger partial charge is 0.444 e. The molecule has 11 nitrogen and oxygen atoms in total. The summed E-state index contributed by atoms with van der Waals surface area (Å²) in [6.45, 7) is 7.92. The van der Waals surface area contributed by atoms with Crippen LogP contribution in [0, 0.1) is 0 Å². The van der Waals surface area contributed by atoms with Crippen LogP contribution in [-0.2, 0) is 4.74 Å². The average Bonchev–Trinajstić information content (AvgIpc) is 3.02. The van der Waals surface area contributed by atoms with Crippen LogP contribution in [0.3, 0.4) is 0 Å². The second kappa shape index (κ2) is 8.13. The highest BCUT2D eigenvalue weighted by Crippen LogP contribution is 2.23. The van der Waals surface area contributed by atoms with Gasteiger partial charge < -0.3 is 24.7 Å². The van der Waals surface area contributed by atoms with Gasteiger partial charge >= 0.3 is 11.8 Å². The number of hydrogen-bond acceptors (Lipinski definition) is 8. The van der Waals surface area contributed by atoms with Gasteiger partial charge in [0.15, 0.2) is 5.65 Å². The fourth-order valence-electron chi connectivity index (χ4n) is 4.00. The summed E-state index contributed by atoms with van der Waals surface area (Å²) >= 11 is 0. The lowest BCUT2D eigenvalue weighted by molar-refractivity contribution is -0.0317. The number of amides is 1. The van der Waals surface area contributed by atoms with E-state index in [1.165, 1.54) is 9.08 Å². The zero-order chi connectivity index (χ0) is 22.3. The molecule has 0 bridgehead atoms. The molecule has 2 aromatic rings. The predicted molar refractivity (Wildman–Crippen MR) is 113 cm³/mol. The minimum Gasteiger partial charge on any atom is -0.444 e. The van der Waals surface area contributed by atoms with Crippen LogP contribution in [-0.4, -0.2) is 79.6 Å². The van der Waals surface area contributed by atoms with Gasteiger partial charge in [-0.15, -0.1) is 5.10 Å². The van der Waals surface area contributed by atoms with Gasteiger partial charge in [-0.1, -0.05) is 0 Å². The Morgan fingerprint density at radius 2 is 1.90 bits per heavy atom. The van der Waals surface area contributed by atoms with Crippen molar-refractivity contribution >= 4 is 17.4 Å². The van der Waals surface area contributed by atoms with Crippen LogP contribution < -0.4 is 15.9 Å². The van der Waals surface area contributed by atoms with Crippen LogP contribution in [0.2, 0.25) is 0 Å². The molecule has 2 aromatic heterocycles. The minimum atomic E-state index is -1.05. The van der Waals surface area contributed by atoms with E-state index in [1.54, 1.807) is 11.1 Å². The number of rotatable bonds is 2. The molecule has 0 spiro atoms. The lowest BCUT2D eigenvalue weighted by Crippen LogP contribution is -2.50. The number of piperazine rings is 1. The molecular weight excluding hydrogens is 404 g/mol. The Labute approximate surface area is 179 Å². The van der Waals surface area contributed by atoms with Gasteiger partial charge in [-0.25, -0.2) is 14.3 Å². The van der Waals surface area contributed by atoms with Gasteiger partial charge in [-0.05, 0) is 39.7 Å². The molecule has 2 aliphatic heterocycles. The van der Waals surface area contributed by atoms with Gasteiger partial charge in [-0.2, -0.15) is 0 Å². The smallest absolute Gasteiger partial charge is 0.410 e. The number of aromatic nitrogens is 3. The number of ether oxygens (including phenoxy) is 1. The van der Waals surface area contributed by atoms with Crippen molar-refractivity contribution < 1.29 is 19.7 Å². The number of aliphatic hydroxyl groups is 2. The summed E-state index contributed by atoms with van der Waals surface area (Å²) in [6.07, 6.45) is 0.400. The number of nitrogens with one attached hydrogen (secondary N) is 1. The molecule has 3 unspecified atom stereocenters. The van der Waals surface area contributed by atoms with Crippen molar-refractivity contribution in [1.29, 1.82) is 0 Å². The molecule has 4 rings (SSSR count). The molecule has 2 saturated heterocycles. The quantitative estimate of drug-likeness (QED) is 0.609. The number of anilines is 1. The Morgan fingerprint density at radius 1 is 1.19 bits per heavy atom. The van der Waals surface area contributed by atoms with Gasteiger partial charge in [0.25, 0.3) is 0 Å². The van der Waals surface area contributed by atoms with Crippen molar-refractivity contribution in [2.75, 3.05) is 31.1 Å². The Morgan fingerprint density at radius 3 is 2.55 bits per heavy atom. The first-order valence-corrected chi connectivity index (χ1v) is 10.6. The number of hydrogen-bond donors (Lipinski definition) is 3. The summed E-state index contributed by atoms with van der Waals surface area (Å²) in [5.41, 5.74) is 0.533. The zero-order valence-corrected chi connectivity index (χ0v) is 18.1. The van der Waals surface area contributed by atoms with Crippen molar-refractivity contribution in [2.45, 2.75) is 57.7 Å². The Bertz CT molecular complexity index is 1000. The second-order valence-corrected chi connectivity index (χ2v) is 9.07. The highest BCUT2D eigenvalue weighted by molar-refractivity contribution is 5.68. The number of fused-ring (bicyclic) bond motifs is 1. The van der Waals surface area contributed by atoms with E-state index in [9.17, 15) is 19.8 Å². The van der Waals surface area contributed by atoms with Crippen LogP contribution in [0.25, 0.3) is 5.65 Å². The van der Waals surface area contributed by atoms with Crippen molar-refractivity contribution in [2.24, 2.45) is 0 Å². The molecule has 3 N–H and O–H groups in total. The standard InChI is InChI=1S/C20H30N6O5/c1-20(2,3)31-19(30)24-10-8-23(9-11-24)13-6-7-25-15(12-13)22-26(18(25)29)14-4-5-16(27)21-17(14)28/h6-7,12,14,16-17,21,27-28H,4-5,8-11H2,1-3H3.